The van der Waals surface area contributed by atoms with Gasteiger partial charge in [-0.25, -0.2) is 4.99 Å². The maximum atomic E-state index is 6.81. The van der Waals surface area contributed by atoms with Gasteiger partial charge in [0.2, 0.25) is 0 Å². The number of ether oxygens (including phenoxy) is 1. The van der Waals surface area contributed by atoms with Crippen molar-refractivity contribution in [2.45, 2.75) is 5.41 Å². The van der Waals surface area contributed by atoms with Crippen LogP contribution in [-0.2, 0) is 5.41 Å². The van der Waals surface area contributed by atoms with Crippen molar-refractivity contribution in [2.75, 3.05) is 0 Å². The smallest absolute Gasteiger partial charge is 0.179 e. The SMILES string of the molecule is C=CC(=N/C(=C\C(=C)c1ccccc1-c1ccccc1)c1ccc([Si](c2ccccc2)(c2ccccc2)c2ccccc2)cc1)c1ccc2c(c1)C1(c3ccccc3O2)c2ccccc2-c2ccccc21. The Morgan fingerprint density at radius 3 is 1.45 bits per heavy atom. The Kier molecular flexibility index (Phi) is 11.1. The van der Waals surface area contributed by atoms with Crippen LogP contribution in [0.4, 0.5) is 0 Å². The molecule has 10 aromatic carbocycles. The van der Waals surface area contributed by atoms with Gasteiger partial charge in [-0.3, -0.25) is 0 Å². The average molecular weight is 924 g/mol. The van der Waals surface area contributed by atoms with E-state index in [9.17, 15) is 0 Å². The molecule has 0 bridgehead atoms. The van der Waals surface area contributed by atoms with Gasteiger partial charge in [-0.1, -0.05) is 250 Å². The lowest BCUT2D eigenvalue weighted by molar-refractivity contribution is 0.436. The molecule has 0 aromatic heterocycles. The van der Waals surface area contributed by atoms with Gasteiger partial charge in [-0.15, -0.1) is 0 Å². The first-order valence-electron chi connectivity index (χ1n) is 24.2. The third-order valence-electron chi connectivity index (χ3n) is 14.5. The van der Waals surface area contributed by atoms with E-state index in [2.05, 4.69) is 274 Å². The molecular formula is C68H49NOSi. The zero-order valence-electron chi connectivity index (χ0n) is 39.3. The highest BCUT2D eigenvalue weighted by Gasteiger charge is 2.51. The minimum absolute atomic E-state index is 0.615. The molecular weight excluding hydrogens is 875 g/mol. The van der Waals surface area contributed by atoms with Gasteiger partial charge in [0.1, 0.15) is 11.5 Å². The summed E-state index contributed by atoms with van der Waals surface area (Å²) in [5, 5.41) is 5.25. The molecule has 0 fully saturated rings. The number of rotatable bonds is 11. The predicted molar refractivity (Wildman–Crippen MR) is 300 cm³/mol. The molecule has 1 aliphatic heterocycles. The Morgan fingerprint density at radius 2 is 0.873 bits per heavy atom. The van der Waals surface area contributed by atoms with Crippen LogP contribution in [0.25, 0.3) is 33.5 Å². The fraction of sp³-hybridized carbons (Fsp3) is 0.0147. The Bertz CT molecular complexity index is 3550. The normalized spacial score (nSPS) is 13.3. The molecule has 3 heteroatoms. The second-order valence-corrected chi connectivity index (χ2v) is 22.1. The monoisotopic (exact) mass is 923 g/mol. The van der Waals surface area contributed by atoms with E-state index in [4.69, 9.17) is 16.3 Å². The van der Waals surface area contributed by atoms with Crippen LogP contribution in [0.1, 0.15) is 38.9 Å². The summed E-state index contributed by atoms with van der Waals surface area (Å²) in [5.41, 5.74) is 14.1. The Labute approximate surface area is 417 Å². The van der Waals surface area contributed by atoms with E-state index in [1.165, 1.54) is 43.0 Å². The first-order chi connectivity index (χ1) is 35.1. The minimum Gasteiger partial charge on any atom is -0.457 e. The van der Waals surface area contributed by atoms with Crippen molar-refractivity contribution in [1.29, 1.82) is 0 Å². The number of aliphatic imine (C=N–C) groups is 1. The third-order valence-corrected chi connectivity index (χ3v) is 19.3. The molecule has 2 aliphatic rings. The van der Waals surface area contributed by atoms with Gasteiger partial charge in [0.05, 0.1) is 16.8 Å². The summed E-state index contributed by atoms with van der Waals surface area (Å²) in [5.74, 6) is 1.68. The maximum absolute atomic E-state index is 6.81. The van der Waals surface area contributed by atoms with Crippen LogP contribution >= 0.6 is 0 Å². The van der Waals surface area contributed by atoms with E-state index in [1.54, 1.807) is 0 Å². The number of para-hydroxylation sites is 1. The maximum Gasteiger partial charge on any atom is 0.179 e. The van der Waals surface area contributed by atoms with Gasteiger partial charge in [0.25, 0.3) is 0 Å². The van der Waals surface area contributed by atoms with Crippen LogP contribution in [0.5, 0.6) is 11.5 Å². The summed E-state index contributed by atoms with van der Waals surface area (Å²) in [6, 6.07) is 93.9. The van der Waals surface area contributed by atoms with Crippen LogP contribution in [0, 0.1) is 0 Å². The highest BCUT2D eigenvalue weighted by Crippen LogP contribution is 2.62. The number of fused-ring (bicyclic) bond motifs is 9. The van der Waals surface area contributed by atoms with Crippen LogP contribution in [0.3, 0.4) is 0 Å². The van der Waals surface area contributed by atoms with E-state index in [0.29, 0.717) is 0 Å². The van der Waals surface area contributed by atoms with Gasteiger partial charge in [0.15, 0.2) is 8.07 Å². The highest BCUT2D eigenvalue weighted by atomic mass is 28.3. The topological polar surface area (TPSA) is 21.6 Å². The number of hydrogen-bond donors (Lipinski definition) is 0. The van der Waals surface area contributed by atoms with Crippen LogP contribution < -0.4 is 25.5 Å². The zero-order valence-corrected chi connectivity index (χ0v) is 40.3. The lowest BCUT2D eigenvalue weighted by atomic mass is 9.66. The van der Waals surface area contributed by atoms with Crippen molar-refractivity contribution in [1.82, 2.24) is 0 Å². The van der Waals surface area contributed by atoms with Crippen molar-refractivity contribution in [3.63, 3.8) is 0 Å². The second-order valence-electron chi connectivity index (χ2n) is 18.2. The Balaban J connectivity index is 1.05. The second kappa shape index (κ2) is 18.2. The van der Waals surface area contributed by atoms with Crippen LogP contribution in [0.15, 0.2) is 291 Å². The molecule has 0 radical (unpaired) electrons. The number of nitrogens with zero attached hydrogens (tertiary/aromatic N) is 1. The van der Waals surface area contributed by atoms with Crippen LogP contribution in [0.2, 0.25) is 0 Å². The van der Waals surface area contributed by atoms with Crippen molar-refractivity contribution in [3.05, 3.63) is 325 Å². The van der Waals surface area contributed by atoms with Crippen LogP contribution in [-0.4, -0.2) is 13.8 Å². The summed E-state index contributed by atoms with van der Waals surface area (Å²) in [6.45, 7) is 9.17. The molecule has 0 amide bonds. The fourth-order valence-electron chi connectivity index (χ4n) is 11.4. The fourth-order valence-corrected chi connectivity index (χ4v) is 16.1. The Morgan fingerprint density at radius 1 is 0.423 bits per heavy atom. The van der Waals surface area contributed by atoms with E-state index < -0.39 is 13.5 Å². The number of allylic oxidation sites excluding steroid dienone is 3. The van der Waals surface area contributed by atoms with Gasteiger partial charge in [-0.05, 0) is 102 Å². The molecule has 0 saturated carbocycles. The summed E-state index contributed by atoms with van der Waals surface area (Å²) >= 11 is 0. The Hall–Kier alpha value is -8.89. The summed E-state index contributed by atoms with van der Waals surface area (Å²) < 4.78 is 6.81. The standard InChI is InChI=1S/C68H49NOSi/c1-3-64(51-42-45-67-63(47-51)68(62-38-22-23-39-66(62)70-67)60-36-20-18-34-58(60)59-35-19-21-37-61(59)68)69-65(46-48(2)56-32-16-17-33-57(56)49-24-8-4-9-25-49)50-40-43-55(44-41-50)71(52-26-10-5-11-27-52,53-28-12-6-13-29-53)54-30-14-7-15-31-54/h3-47H,1-2H2/b65-46-,69-64?. The van der Waals surface area contributed by atoms with Gasteiger partial charge >= 0.3 is 0 Å². The van der Waals surface area contributed by atoms with Crippen molar-refractivity contribution in [2.24, 2.45) is 4.99 Å². The predicted octanol–water partition coefficient (Wildman–Crippen LogP) is 13.9. The lowest BCUT2D eigenvalue weighted by Gasteiger charge is -2.39. The molecule has 12 rings (SSSR count). The van der Waals surface area contributed by atoms with E-state index in [0.717, 1.165) is 67.4 Å². The lowest BCUT2D eigenvalue weighted by Crippen LogP contribution is -2.74. The summed E-state index contributed by atoms with van der Waals surface area (Å²) in [7, 11) is -2.79. The molecule has 71 heavy (non-hydrogen) atoms. The van der Waals surface area contributed by atoms with E-state index in [-0.39, 0.29) is 0 Å². The van der Waals surface area contributed by atoms with Crippen molar-refractivity contribution in [3.8, 4) is 33.8 Å². The van der Waals surface area contributed by atoms with Gasteiger partial charge in [0, 0.05) is 22.3 Å². The minimum atomic E-state index is -2.79. The van der Waals surface area contributed by atoms with Gasteiger partial charge < -0.3 is 4.74 Å². The highest BCUT2D eigenvalue weighted by molar-refractivity contribution is 7.19. The van der Waals surface area contributed by atoms with Crippen molar-refractivity contribution >= 4 is 45.8 Å². The molecule has 336 valence electrons. The average Bonchev–Trinajstić information content (AvgIpc) is 3.74. The van der Waals surface area contributed by atoms with E-state index >= 15 is 0 Å². The quantitative estimate of drug-likeness (QED) is 0.0548. The summed E-state index contributed by atoms with van der Waals surface area (Å²) in [4.78, 5) is 5.64. The first kappa shape index (κ1) is 43.4. The molecule has 0 N–H and O–H groups in total. The molecule has 10 aromatic rings. The van der Waals surface area contributed by atoms with E-state index in [1.807, 2.05) is 6.08 Å². The number of benzene rings is 10. The molecule has 0 unspecified atom stereocenters. The number of hydrogen-bond acceptors (Lipinski definition) is 2. The van der Waals surface area contributed by atoms with Gasteiger partial charge in [-0.2, -0.15) is 0 Å². The first-order valence-corrected chi connectivity index (χ1v) is 26.2. The molecule has 0 atom stereocenters. The molecule has 0 saturated heterocycles. The molecule has 1 spiro atoms. The summed E-state index contributed by atoms with van der Waals surface area (Å²) in [6.07, 6.45) is 4.02. The largest absolute Gasteiger partial charge is 0.457 e. The molecule has 1 heterocycles. The third kappa shape index (κ3) is 7.21. The zero-order chi connectivity index (χ0) is 47.8. The van der Waals surface area contributed by atoms with Crippen molar-refractivity contribution < 1.29 is 4.74 Å². The molecule has 1 aliphatic carbocycles. The molecule has 2 nitrogen and oxygen atoms in total.